The number of nitrogens with zero attached hydrogens (tertiary/aromatic N) is 1. The first-order chi connectivity index (χ1) is 9.43. The molecule has 0 unspecified atom stereocenters. The predicted molar refractivity (Wildman–Crippen MR) is 81.1 cm³/mol. The first kappa shape index (κ1) is 15.4. The van der Waals surface area contributed by atoms with Crippen molar-refractivity contribution in [3.63, 3.8) is 0 Å². The van der Waals surface area contributed by atoms with Gasteiger partial charge in [-0.3, -0.25) is 0 Å². The van der Waals surface area contributed by atoms with Crippen LogP contribution in [0.4, 0.5) is 0 Å². The summed E-state index contributed by atoms with van der Waals surface area (Å²) < 4.78 is 31.9. The monoisotopic (exact) mass is 314 g/mol. The smallest absolute Gasteiger partial charge is 0.243 e. The van der Waals surface area contributed by atoms with E-state index in [1.807, 2.05) is 0 Å². The fourth-order valence-electron chi connectivity index (χ4n) is 2.22. The second-order valence-electron chi connectivity index (χ2n) is 4.76. The number of hydrogen-bond donors (Lipinski definition) is 1. The van der Waals surface area contributed by atoms with Gasteiger partial charge in [0.05, 0.1) is 4.90 Å². The van der Waals surface area contributed by atoms with Gasteiger partial charge in [0.1, 0.15) is 4.99 Å². The molecule has 1 aromatic carbocycles. The fourth-order valence-corrected chi connectivity index (χ4v) is 3.81. The molecule has 5 nitrogen and oxygen atoms in total. The highest BCUT2D eigenvalue weighted by molar-refractivity contribution is 7.89. The first-order valence-corrected chi connectivity index (χ1v) is 8.23. The molecule has 0 atom stereocenters. The van der Waals surface area contributed by atoms with Crippen molar-refractivity contribution in [3.8, 4) is 0 Å². The maximum atomic E-state index is 12.6. The summed E-state index contributed by atoms with van der Waals surface area (Å²) in [6.07, 6.45) is 1.43. The lowest BCUT2D eigenvalue weighted by Crippen LogP contribution is -2.40. The number of rotatable bonds is 4. The molecule has 0 amide bonds. The van der Waals surface area contributed by atoms with Crippen LogP contribution in [-0.2, 0) is 14.8 Å². The molecule has 1 saturated heterocycles. The Balaban J connectivity index is 2.29. The zero-order valence-electron chi connectivity index (χ0n) is 11.3. The zero-order chi connectivity index (χ0) is 14.8. The van der Waals surface area contributed by atoms with E-state index in [4.69, 9.17) is 22.7 Å². The van der Waals surface area contributed by atoms with Gasteiger partial charge < -0.3 is 10.5 Å². The summed E-state index contributed by atoms with van der Waals surface area (Å²) in [5.74, 6) is 0. The van der Waals surface area contributed by atoms with E-state index in [9.17, 15) is 8.42 Å². The minimum Gasteiger partial charge on any atom is -0.389 e. The number of nitrogens with two attached hydrogens (primary N) is 1. The number of benzene rings is 1. The first-order valence-electron chi connectivity index (χ1n) is 6.38. The second-order valence-corrected chi connectivity index (χ2v) is 7.19. The van der Waals surface area contributed by atoms with Gasteiger partial charge >= 0.3 is 0 Å². The van der Waals surface area contributed by atoms with E-state index in [0.29, 0.717) is 31.6 Å². The van der Waals surface area contributed by atoms with Gasteiger partial charge in [0.15, 0.2) is 0 Å². The van der Waals surface area contributed by atoms with E-state index >= 15 is 0 Å². The highest BCUT2D eigenvalue weighted by Crippen LogP contribution is 2.22. The summed E-state index contributed by atoms with van der Waals surface area (Å²) >= 11 is 4.89. The van der Waals surface area contributed by atoms with Crippen LogP contribution < -0.4 is 5.73 Å². The third-order valence-corrected chi connectivity index (χ3v) is 5.64. The maximum Gasteiger partial charge on any atom is 0.243 e. The molecule has 1 fully saturated rings. The van der Waals surface area contributed by atoms with Crippen LogP contribution in [0.2, 0.25) is 0 Å². The molecule has 110 valence electrons. The summed E-state index contributed by atoms with van der Waals surface area (Å²) in [5.41, 5.74) is 6.11. The van der Waals surface area contributed by atoms with Crippen molar-refractivity contribution in [2.24, 2.45) is 5.73 Å². The Labute approximate surface area is 124 Å². The summed E-state index contributed by atoms with van der Waals surface area (Å²) in [6, 6.07) is 6.41. The number of thiocarbonyl (C=S) groups is 1. The Hall–Kier alpha value is -1.02. The molecule has 0 bridgehead atoms. The minimum atomic E-state index is -3.53. The topological polar surface area (TPSA) is 72.6 Å². The minimum absolute atomic E-state index is 0.0257. The highest BCUT2D eigenvalue weighted by atomic mass is 32.2. The van der Waals surface area contributed by atoms with Crippen LogP contribution in [0, 0.1) is 0 Å². The average molecular weight is 314 g/mol. The maximum absolute atomic E-state index is 12.6. The lowest BCUT2D eigenvalue weighted by molar-refractivity contribution is 0.0632. The molecule has 20 heavy (non-hydrogen) atoms. The van der Waals surface area contributed by atoms with Gasteiger partial charge in [0, 0.05) is 31.9 Å². The molecule has 0 aromatic heterocycles. The Morgan fingerprint density at radius 1 is 1.40 bits per heavy atom. The summed E-state index contributed by atoms with van der Waals surface area (Å²) in [5, 5.41) is 0. The highest BCUT2D eigenvalue weighted by Gasteiger charge is 2.29. The Kier molecular flexibility index (Phi) is 4.74. The molecule has 1 aliphatic heterocycles. The fraction of sp³-hybridized carbons (Fsp3) is 0.462. The SMILES string of the molecule is CN(C1CCOCC1)S(=O)(=O)c1cccc(C(N)=S)c1. The quantitative estimate of drug-likeness (QED) is 0.843. The summed E-state index contributed by atoms with van der Waals surface area (Å²) in [7, 11) is -1.92. The standard InChI is InChI=1S/C13H18N2O3S2/c1-15(11-5-7-18-8-6-11)20(16,17)12-4-2-3-10(9-12)13(14)19/h2-4,9,11H,5-8H2,1H3,(H2,14,19). The van der Waals surface area contributed by atoms with Crippen molar-refractivity contribution in [1.82, 2.24) is 4.31 Å². The zero-order valence-corrected chi connectivity index (χ0v) is 12.9. The molecule has 0 aliphatic carbocycles. The van der Waals surface area contributed by atoms with Crippen molar-refractivity contribution in [2.75, 3.05) is 20.3 Å². The molecule has 0 spiro atoms. The van der Waals surface area contributed by atoms with E-state index in [0.717, 1.165) is 0 Å². The van der Waals surface area contributed by atoms with Crippen LogP contribution in [-0.4, -0.2) is 44.0 Å². The lowest BCUT2D eigenvalue weighted by Gasteiger charge is -2.30. The van der Waals surface area contributed by atoms with Crippen molar-refractivity contribution in [3.05, 3.63) is 29.8 Å². The van der Waals surface area contributed by atoms with Gasteiger partial charge in [-0.25, -0.2) is 8.42 Å². The summed E-state index contributed by atoms with van der Waals surface area (Å²) in [4.78, 5) is 0.410. The van der Waals surface area contributed by atoms with Crippen molar-refractivity contribution >= 4 is 27.2 Å². The molecule has 0 saturated carbocycles. The van der Waals surface area contributed by atoms with Gasteiger partial charge in [-0.05, 0) is 25.0 Å². The predicted octanol–water partition coefficient (Wildman–Crippen LogP) is 1.12. The van der Waals surface area contributed by atoms with E-state index < -0.39 is 10.0 Å². The van der Waals surface area contributed by atoms with E-state index in [2.05, 4.69) is 0 Å². The molecule has 2 rings (SSSR count). The number of sulfonamides is 1. The van der Waals surface area contributed by atoms with E-state index in [-0.39, 0.29) is 15.9 Å². The third-order valence-electron chi connectivity index (χ3n) is 3.50. The number of ether oxygens (including phenoxy) is 1. The average Bonchev–Trinajstić information content (AvgIpc) is 2.47. The Morgan fingerprint density at radius 2 is 2.05 bits per heavy atom. The summed E-state index contributed by atoms with van der Waals surface area (Å²) in [6.45, 7) is 1.19. The van der Waals surface area contributed by atoms with E-state index in [1.54, 1.807) is 25.2 Å². The van der Waals surface area contributed by atoms with Gasteiger partial charge in [-0.1, -0.05) is 24.4 Å². The molecule has 7 heteroatoms. The van der Waals surface area contributed by atoms with Gasteiger partial charge in [-0.2, -0.15) is 4.31 Å². The third kappa shape index (κ3) is 3.17. The van der Waals surface area contributed by atoms with Crippen LogP contribution in [0.5, 0.6) is 0 Å². The number of hydrogen-bond acceptors (Lipinski definition) is 4. The van der Waals surface area contributed by atoms with Crippen LogP contribution in [0.1, 0.15) is 18.4 Å². The molecule has 1 aliphatic rings. The molecule has 2 N–H and O–H groups in total. The van der Waals surface area contributed by atoms with Crippen molar-refractivity contribution in [2.45, 2.75) is 23.8 Å². The van der Waals surface area contributed by atoms with Crippen LogP contribution >= 0.6 is 12.2 Å². The largest absolute Gasteiger partial charge is 0.389 e. The lowest BCUT2D eigenvalue weighted by atomic mass is 10.1. The molecule has 1 heterocycles. The van der Waals surface area contributed by atoms with Crippen LogP contribution in [0.25, 0.3) is 0 Å². The van der Waals surface area contributed by atoms with Crippen LogP contribution in [0.3, 0.4) is 0 Å². The molecular weight excluding hydrogens is 296 g/mol. The van der Waals surface area contributed by atoms with Crippen molar-refractivity contribution in [1.29, 1.82) is 0 Å². The van der Waals surface area contributed by atoms with Gasteiger partial charge in [0.2, 0.25) is 10.0 Å². The van der Waals surface area contributed by atoms with Gasteiger partial charge in [0.25, 0.3) is 0 Å². The van der Waals surface area contributed by atoms with E-state index in [1.165, 1.54) is 10.4 Å². The molecule has 1 aromatic rings. The van der Waals surface area contributed by atoms with Crippen molar-refractivity contribution < 1.29 is 13.2 Å². The molecule has 0 radical (unpaired) electrons. The molecular formula is C13H18N2O3S2. The second kappa shape index (κ2) is 6.17. The van der Waals surface area contributed by atoms with Gasteiger partial charge in [-0.15, -0.1) is 0 Å². The Bertz CT molecular complexity index is 595. The normalized spacial score (nSPS) is 17.3. The van der Waals surface area contributed by atoms with Crippen LogP contribution in [0.15, 0.2) is 29.2 Å². The Morgan fingerprint density at radius 3 is 2.65 bits per heavy atom.